The molecule has 0 radical (unpaired) electrons. The largest absolute Gasteiger partial charge is 0.484 e. The van der Waals surface area contributed by atoms with Crippen LogP contribution < -0.4 is 10.1 Å². The van der Waals surface area contributed by atoms with Gasteiger partial charge >= 0.3 is 0 Å². The average molecular weight is 226 g/mol. The number of halogens is 1. The molecular weight excluding hydrogens is 215 g/mol. The van der Waals surface area contributed by atoms with Crippen LogP contribution in [0.4, 0.5) is 10.1 Å². The fraction of sp³-hybridized carbons (Fsp3) is 0.400. The molecule has 1 heterocycles. The molecule has 2 rings (SSSR count). The lowest BCUT2D eigenvalue weighted by Crippen LogP contribution is -2.29. The molecule has 1 saturated heterocycles. The zero-order valence-electron chi connectivity index (χ0n) is 8.39. The third kappa shape index (κ3) is 2.17. The third-order valence-electron chi connectivity index (χ3n) is 2.43. The number of benzene rings is 1. The van der Waals surface area contributed by atoms with Crippen LogP contribution in [0.2, 0.25) is 0 Å². The van der Waals surface area contributed by atoms with Gasteiger partial charge in [0.15, 0.2) is 5.75 Å². The second-order valence-electron chi connectivity index (χ2n) is 3.59. The van der Waals surface area contributed by atoms with Gasteiger partial charge in [0.1, 0.15) is 23.7 Å². The number of hydrogen-bond acceptors (Lipinski definition) is 5. The van der Waals surface area contributed by atoms with Gasteiger partial charge in [-0.25, -0.2) is 4.39 Å². The van der Waals surface area contributed by atoms with Crippen molar-refractivity contribution in [3.8, 4) is 5.75 Å². The van der Waals surface area contributed by atoms with E-state index in [0.29, 0.717) is 13.1 Å². The van der Waals surface area contributed by atoms with Crippen LogP contribution in [0.3, 0.4) is 0 Å². The van der Waals surface area contributed by atoms with E-state index in [4.69, 9.17) is 4.74 Å². The first-order valence-electron chi connectivity index (χ1n) is 4.89. The van der Waals surface area contributed by atoms with Crippen LogP contribution in [0.5, 0.6) is 5.75 Å². The highest BCUT2D eigenvalue weighted by Crippen LogP contribution is 2.29. The zero-order chi connectivity index (χ0) is 11.5. The molecule has 5 nitrogen and oxygen atoms in total. The van der Waals surface area contributed by atoms with E-state index < -0.39 is 18.0 Å². The van der Waals surface area contributed by atoms with Gasteiger partial charge in [-0.2, -0.15) is 0 Å². The molecule has 0 spiro atoms. The third-order valence-corrected chi connectivity index (χ3v) is 2.43. The molecule has 1 aromatic carbocycles. The number of aliphatic hydroxyl groups is 1. The number of ether oxygens (including phenoxy) is 1. The van der Waals surface area contributed by atoms with E-state index in [1.165, 1.54) is 6.07 Å². The maximum Gasteiger partial charge on any atom is 0.152 e. The van der Waals surface area contributed by atoms with Crippen LogP contribution in [0.25, 0.3) is 0 Å². The Balaban J connectivity index is 2.19. The maximum absolute atomic E-state index is 13.0. The first-order valence-corrected chi connectivity index (χ1v) is 4.89. The van der Waals surface area contributed by atoms with Gasteiger partial charge in [0.05, 0.1) is 0 Å². The van der Waals surface area contributed by atoms with Gasteiger partial charge in [0, 0.05) is 19.2 Å². The van der Waals surface area contributed by atoms with E-state index in [1.54, 1.807) is 0 Å². The fourth-order valence-electron chi connectivity index (χ4n) is 1.58. The maximum atomic E-state index is 13.0. The number of nitrogens with zero attached hydrogens (tertiary/aromatic N) is 1. The van der Waals surface area contributed by atoms with Gasteiger partial charge in [0.25, 0.3) is 0 Å². The second-order valence-corrected chi connectivity index (χ2v) is 3.59. The first-order chi connectivity index (χ1) is 7.70. The predicted octanol–water partition coefficient (Wildman–Crippen LogP) is 0.935. The lowest BCUT2D eigenvalue weighted by molar-refractivity contribution is 0.0739. The molecule has 1 aliphatic rings. The van der Waals surface area contributed by atoms with Gasteiger partial charge in [0.2, 0.25) is 0 Å². The lowest BCUT2D eigenvalue weighted by Gasteiger charge is -2.16. The summed E-state index contributed by atoms with van der Waals surface area (Å²) in [6.45, 7) is 0.875. The van der Waals surface area contributed by atoms with Gasteiger partial charge in [-0.3, -0.25) is 0 Å². The fourth-order valence-corrected chi connectivity index (χ4v) is 1.58. The molecule has 2 N–H and O–H groups in total. The van der Waals surface area contributed by atoms with Crippen molar-refractivity contribution < 1.29 is 14.2 Å². The molecule has 86 valence electrons. The Bertz CT molecular complexity index is 400. The summed E-state index contributed by atoms with van der Waals surface area (Å²) < 4.78 is 18.3. The minimum absolute atomic E-state index is 0.0282. The second kappa shape index (κ2) is 4.54. The summed E-state index contributed by atoms with van der Waals surface area (Å²) in [6, 6.07) is 3.46. The van der Waals surface area contributed by atoms with E-state index in [0.717, 1.165) is 12.1 Å². The Morgan fingerprint density at radius 2 is 2.31 bits per heavy atom. The summed E-state index contributed by atoms with van der Waals surface area (Å²) in [5.41, 5.74) is 0.0282. The molecule has 16 heavy (non-hydrogen) atoms. The Hall–Kier alpha value is -1.53. The van der Waals surface area contributed by atoms with Gasteiger partial charge in [-0.05, 0) is 17.3 Å². The smallest absolute Gasteiger partial charge is 0.152 e. The van der Waals surface area contributed by atoms with E-state index in [9.17, 15) is 14.4 Å². The van der Waals surface area contributed by atoms with E-state index >= 15 is 0 Å². The Labute approximate surface area is 91.2 Å². The molecule has 6 heteroatoms. The molecule has 1 fully saturated rings. The molecule has 0 aromatic heterocycles. The summed E-state index contributed by atoms with van der Waals surface area (Å²) in [7, 11) is 0. The van der Waals surface area contributed by atoms with E-state index in [1.807, 2.05) is 0 Å². The number of hydrogen-bond donors (Lipinski definition) is 2. The Morgan fingerprint density at radius 1 is 1.50 bits per heavy atom. The molecule has 2 atom stereocenters. The standard InChI is InChI=1S/C10H11FN2O3/c11-6-1-2-7(13-15)9(3-6)16-10-5-12-4-8(10)14/h1-3,8,10,12,14H,4-5H2/t8-,10?/m1/s1. The van der Waals surface area contributed by atoms with Crippen molar-refractivity contribution in [2.75, 3.05) is 13.1 Å². The summed E-state index contributed by atoms with van der Waals surface area (Å²) in [4.78, 5) is 10.5. The van der Waals surface area contributed by atoms with Gasteiger partial charge < -0.3 is 15.2 Å². The Kier molecular flexibility index (Phi) is 3.12. The zero-order valence-corrected chi connectivity index (χ0v) is 8.39. The monoisotopic (exact) mass is 226 g/mol. The van der Waals surface area contributed by atoms with Crippen molar-refractivity contribution in [2.24, 2.45) is 5.18 Å². The average Bonchev–Trinajstić information content (AvgIpc) is 2.65. The summed E-state index contributed by atoms with van der Waals surface area (Å²) in [5, 5.41) is 15.1. The molecule has 1 unspecified atom stereocenters. The molecule has 0 bridgehead atoms. The molecule has 1 aliphatic heterocycles. The molecule has 0 saturated carbocycles. The number of β-amino-alcohol motifs (C(OH)–C–C–N with tert-alkyl or cyclic N) is 1. The predicted molar refractivity (Wildman–Crippen MR) is 55.1 cm³/mol. The molecule has 0 amide bonds. The number of rotatable bonds is 3. The molecule has 1 aromatic rings. The topological polar surface area (TPSA) is 70.9 Å². The van der Waals surface area contributed by atoms with Crippen LogP contribution >= 0.6 is 0 Å². The van der Waals surface area contributed by atoms with E-state index in [2.05, 4.69) is 10.5 Å². The van der Waals surface area contributed by atoms with Crippen LogP contribution in [0, 0.1) is 10.7 Å². The van der Waals surface area contributed by atoms with Crippen molar-refractivity contribution in [3.05, 3.63) is 28.9 Å². The lowest BCUT2D eigenvalue weighted by atomic mass is 10.2. The highest BCUT2D eigenvalue weighted by molar-refractivity contribution is 5.51. The number of nitroso groups, excluding NO2 is 1. The summed E-state index contributed by atoms with van der Waals surface area (Å²) in [6.07, 6.45) is -1.15. The minimum Gasteiger partial charge on any atom is -0.484 e. The van der Waals surface area contributed by atoms with Crippen LogP contribution in [0.15, 0.2) is 23.4 Å². The number of aliphatic hydroxyl groups excluding tert-OH is 1. The summed E-state index contributed by atoms with van der Waals surface area (Å²) in [5.74, 6) is -0.453. The highest BCUT2D eigenvalue weighted by atomic mass is 19.1. The normalized spacial score (nSPS) is 24.4. The van der Waals surface area contributed by atoms with Crippen molar-refractivity contribution in [3.63, 3.8) is 0 Å². The van der Waals surface area contributed by atoms with E-state index in [-0.39, 0.29) is 11.4 Å². The first kappa shape index (κ1) is 11.0. The SMILES string of the molecule is O=Nc1ccc(F)cc1OC1CNC[C@H]1O. The highest BCUT2D eigenvalue weighted by Gasteiger charge is 2.27. The van der Waals surface area contributed by atoms with Gasteiger partial charge in [-0.1, -0.05) is 0 Å². The van der Waals surface area contributed by atoms with Gasteiger partial charge in [-0.15, -0.1) is 4.91 Å². The van der Waals surface area contributed by atoms with Crippen LogP contribution in [-0.4, -0.2) is 30.4 Å². The quantitative estimate of drug-likeness (QED) is 0.752. The van der Waals surface area contributed by atoms with Crippen molar-refractivity contribution >= 4 is 5.69 Å². The van der Waals surface area contributed by atoms with Crippen molar-refractivity contribution in [2.45, 2.75) is 12.2 Å². The molecular formula is C10H11FN2O3. The molecule has 0 aliphatic carbocycles. The number of nitrogens with one attached hydrogen (secondary N) is 1. The van der Waals surface area contributed by atoms with Crippen molar-refractivity contribution in [1.82, 2.24) is 5.32 Å². The Morgan fingerprint density at radius 3 is 2.94 bits per heavy atom. The van der Waals surface area contributed by atoms with Crippen LogP contribution in [0.1, 0.15) is 0 Å². The summed E-state index contributed by atoms with van der Waals surface area (Å²) >= 11 is 0. The van der Waals surface area contributed by atoms with Crippen LogP contribution in [-0.2, 0) is 0 Å². The van der Waals surface area contributed by atoms with Crippen molar-refractivity contribution in [1.29, 1.82) is 0 Å². The minimum atomic E-state index is -0.664.